The number of rotatable bonds is 3. The first-order valence-corrected chi connectivity index (χ1v) is 8.34. The first-order chi connectivity index (χ1) is 12.8. The molecule has 0 saturated carbocycles. The number of nitriles is 1. The van der Waals surface area contributed by atoms with Crippen molar-refractivity contribution in [2.75, 3.05) is 5.32 Å². The molecule has 3 heterocycles. The Morgan fingerprint density at radius 3 is 3.08 bits per heavy atom. The van der Waals surface area contributed by atoms with E-state index in [2.05, 4.69) is 31.6 Å². The van der Waals surface area contributed by atoms with Crippen LogP contribution < -0.4 is 5.32 Å². The number of H-pyrrole nitrogens is 1. The van der Waals surface area contributed by atoms with Gasteiger partial charge in [-0.3, -0.25) is 5.10 Å². The van der Waals surface area contributed by atoms with Gasteiger partial charge < -0.3 is 9.73 Å². The quantitative estimate of drug-likeness (QED) is 0.590. The minimum atomic E-state index is 0.184. The maximum absolute atomic E-state index is 9.06. The Hall–Kier alpha value is -3.66. The van der Waals surface area contributed by atoms with Gasteiger partial charge in [0, 0.05) is 5.39 Å². The molecule has 0 amide bonds. The average molecular weight is 342 g/mol. The summed E-state index contributed by atoms with van der Waals surface area (Å²) in [4.78, 5) is 8.45. The van der Waals surface area contributed by atoms with E-state index in [4.69, 9.17) is 9.68 Å². The van der Waals surface area contributed by atoms with Crippen LogP contribution in [0.1, 0.15) is 29.2 Å². The molecule has 0 spiro atoms. The summed E-state index contributed by atoms with van der Waals surface area (Å²) in [6.07, 6.45) is 6.73. The molecule has 5 rings (SSSR count). The third kappa shape index (κ3) is 2.31. The Labute approximate surface area is 148 Å². The first-order valence-electron chi connectivity index (χ1n) is 8.34. The summed E-state index contributed by atoms with van der Waals surface area (Å²) in [5.41, 5.74) is 4.72. The van der Waals surface area contributed by atoms with Crippen LogP contribution in [0.5, 0.6) is 0 Å². The zero-order valence-corrected chi connectivity index (χ0v) is 13.7. The number of aromatic nitrogens is 4. The molecule has 1 aromatic carbocycles. The summed E-state index contributed by atoms with van der Waals surface area (Å²) in [5, 5.41) is 20.8. The molecule has 0 aliphatic heterocycles. The van der Waals surface area contributed by atoms with E-state index in [1.807, 2.05) is 24.3 Å². The number of benzene rings is 1. The van der Waals surface area contributed by atoms with Gasteiger partial charge in [0.25, 0.3) is 0 Å². The van der Waals surface area contributed by atoms with Gasteiger partial charge >= 0.3 is 0 Å². The van der Waals surface area contributed by atoms with Crippen molar-refractivity contribution in [2.24, 2.45) is 0 Å². The Bertz CT molecular complexity index is 1140. The number of pyridine rings is 1. The van der Waals surface area contributed by atoms with Gasteiger partial charge in [-0.15, -0.1) is 0 Å². The van der Waals surface area contributed by atoms with Crippen LogP contribution >= 0.6 is 0 Å². The van der Waals surface area contributed by atoms with Crippen LogP contribution in [0.25, 0.3) is 22.4 Å². The van der Waals surface area contributed by atoms with Crippen molar-refractivity contribution >= 4 is 16.7 Å². The molecule has 0 unspecified atom stereocenters. The Morgan fingerprint density at radius 1 is 1.27 bits per heavy atom. The van der Waals surface area contributed by atoms with Crippen molar-refractivity contribution in [3.05, 3.63) is 59.7 Å². The molecule has 3 aromatic heterocycles. The molecule has 0 saturated heterocycles. The van der Waals surface area contributed by atoms with E-state index in [1.54, 1.807) is 12.4 Å². The van der Waals surface area contributed by atoms with Crippen LogP contribution in [0, 0.1) is 11.3 Å². The standard InChI is InChI=1S/C19H14N6O/c20-7-11-1-3-13-12(5-11)2-4-15(13)23-18-6-14-16(8-22-18)24-25-19(14)17-9-21-10-26-17/h1,3,5-6,8-10,15H,2,4H2,(H,22,23)(H,24,25)/t15-/m0/s1. The Kier molecular flexibility index (Phi) is 3.22. The van der Waals surface area contributed by atoms with Gasteiger partial charge in [-0.2, -0.15) is 10.4 Å². The molecule has 0 fully saturated rings. The number of anilines is 1. The van der Waals surface area contributed by atoms with E-state index in [1.165, 1.54) is 17.5 Å². The highest BCUT2D eigenvalue weighted by molar-refractivity contribution is 5.92. The van der Waals surface area contributed by atoms with E-state index in [0.717, 1.165) is 29.6 Å². The smallest absolute Gasteiger partial charge is 0.181 e. The highest BCUT2D eigenvalue weighted by atomic mass is 16.3. The molecule has 1 aliphatic rings. The van der Waals surface area contributed by atoms with Gasteiger partial charge in [-0.05, 0) is 42.2 Å². The molecule has 7 heteroatoms. The fourth-order valence-electron chi connectivity index (χ4n) is 3.53. The molecular weight excluding hydrogens is 328 g/mol. The van der Waals surface area contributed by atoms with Crippen LogP contribution in [0.4, 0.5) is 5.82 Å². The molecule has 4 aromatic rings. The van der Waals surface area contributed by atoms with Crippen molar-refractivity contribution in [1.29, 1.82) is 5.26 Å². The van der Waals surface area contributed by atoms with Gasteiger partial charge in [0.15, 0.2) is 12.2 Å². The van der Waals surface area contributed by atoms with Gasteiger partial charge in [0.2, 0.25) is 0 Å². The molecule has 126 valence electrons. The molecule has 7 nitrogen and oxygen atoms in total. The molecule has 0 radical (unpaired) electrons. The van der Waals surface area contributed by atoms with Crippen molar-refractivity contribution in [3.63, 3.8) is 0 Å². The van der Waals surface area contributed by atoms with Gasteiger partial charge in [-0.1, -0.05) is 6.07 Å². The zero-order valence-electron chi connectivity index (χ0n) is 13.7. The van der Waals surface area contributed by atoms with Crippen LogP contribution in [0.3, 0.4) is 0 Å². The molecule has 1 atom stereocenters. The minimum absolute atomic E-state index is 0.184. The molecule has 2 N–H and O–H groups in total. The second-order valence-corrected chi connectivity index (χ2v) is 6.31. The SMILES string of the molecule is N#Cc1ccc2c(c1)CC[C@@H]2Nc1cc2c(-c3cnco3)n[nH]c2cn1. The highest BCUT2D eigenvalue weighted by Gasteiger charge is 2.23. The number of fused-ring (bicyclic) bond motifs is 2. The van der Waals surface area contributed by atoms with Crippen molar-refractivity contribution in [3.8, 4) is 17.5 Å². The summed E-state index contributed by atoms with van der Waals surface area (Å²) < 4.78 is 5.37. The number of hydrogen-bond acceptors (Lipinski definition) is 6. The van der Waals surface area contributed by atoms with Crippen LogP contribution in [-0.2, 0) is 6.42 Å². The van der Waals surface area contributed by atoms with E-state index < -0.39 is 0 Å². The monoisotopic (exact) mass is 342 g/mol. The van der Waals surface area contributed by atoms with Crippen molar-refractivity contribution in [1.82, 2.24) is 20.2 Å². The molecule has 1 aliphatic carbocycles. The normalized spacial score (nSPS) is 15.7. The largest absolute Gasteiger partial charge is 0.442 e. The lowest BCUT2D eigenvalue weighted by atomic mass is 10.1. The van der Waals surface area contributed by atoms with Crippen LogP contribution in [-0.4, -0.2) is 20.2 Å². The lowest BCUT2D eigenvalue weighted by molar-refractivity contribution is 0.570. The lowest BCUT2D eigenvalue weighted by Gasteiger charge is -2.15. The van der Waals surface area contributed by atoms with Crippen LogP contribution in [0.2, 0.25) is 0 Å². The number of hydrogen-bond donors (Lipinski definition) is 2. The topological polar surface area (TPSA) is 103 Å². The van der Waals surface area contributed by atoms with Gasteiger partial charge in [0.05, 0.1) is 35.6 Å². The number of nitrogens with one attached hydrogen (secondary N) is 2. The van der Waals surface area contributed by atoms with E-state index in [-0.39, 0.29) is 6.04 Å². The number of oxazole rings is 1. The number of aromatic amines is 1. The average Bonchev–Trinajstić information content (AvgIpc) is 3.40. The predicted octanol–water partition coefficient (Wildman–Crippen LogP) is 3.58. The fourth-order valence-corrected chi connectivity index (χ4v) is 3.53. The Balaban J connectivity index is 1.48. The molecular formula is C19H14N6O. The summed E-state index contributed by atoms with van der Waals surface area (Å²) in [6.45, 7) is 0. The third-order valence-electron chi connectivity index (χ3n) is 4.78. The minimum Gasteiger partial charge on any atom is -0.442 e. The maximum Gasteiger partial charge on any atom is 0.181 e. The molecule has 0 bridgehead atoms. The number of aryl methyl sites for hydroxylation is 1. The van der Waals surface area contributed by atoms with Crippen molar-refractivity contribution in [2.45, 2.75) is 18.9 Å². The first kappa shape index (κ1) is 14.7. The number of nitrogens with zero attached hydrogens (tertiary/aromatic N) is 4. The zero-order chi connectivity index (χ0) is 17.5. The fraction of sp³-hybridized carbons (Fsp3) is 0.158. The maximum atomic E-state index is 9.06. The third-order valence-corrected chi connectivity index (χ3v) is 4.78. The van der Waals surface area contributed by atoms with E-state index in [9.17, 15) is 0 Å². The van der Waals surface area contributed by atoms with Crippen molar-refractivity contribution < 1.29 is 4.42 Å². The second kappa shape index (κ2) is 5.70. The lowest BCUT2D eigenvalue weighted by Crippen LogP contribution is -2.08. The second-order valence-electron chi connectivity index (χ2n) is 6.31. The van der Waals surface area contributed by atoms with E-state index in [0.29, 0.717) is 17.0 Å². The highest BCUT2D eigenvalue weighted by Crippen LogP contribution is 2.35. The van der Waals surface area contributed by atoms with Crippen LogP contribution in [0.15, 0.2) is 47.5 Å². The van der Waals surface area contributed by atoms with E-state index >= 15 is 0 Å². The summed E-state index contributed by atoms with van der Waals surface area (Å²) >= 11 is 0. The molecule has 26 heavy (non-hydrogen) atoms. The summed E-state index contributed by atoms with van der Waals surface area (Å²) in [5.74, 6) is 1.39. The predicted molar refractivity (Wildman–Crippen MR) is 95.2 cm³/mol. The van der Waals surface area contributed by atoms with Gasteiger partial charge in [-0.25, -0.2) is 9.97 Å². The van der Waals surface area contributed by atoms with Gasteiger partial charge in [0.1, 0.15) is 11.5 Å². The summed E-state index contributed by atoms with van der Waals surface area (Å²) in [6, 6.07) is 10.2. The Morgan fingerprint density at radius 2 is 2.23 bits per heavy atom. The summed E-state index contributed by atoms with van der Waals surface area (Å²) in [7, 11) is 0.